The zero-order valence-electron chi connectivity index (χ0n) is 10.1. The Hall–Kier alpha value is -1.29. The number of rotatable bonds is 5. The number of ketones is 1. The average molecular weight is 264 g/mol. The minimum Gasteiger partial charge on any atom is -0.461 e. The molecule has 18 heavy (non-hydrogen) atoms. The van der Waals surface area contributed by atoms with E-state index in [-0.39, 0.29) is 30.7 Å². The van der Waals surface area contributed by atoms with Gasteiger partial charge in [0.2, 0.25) is 0 Å². The fourth-order valence-electron chi connectivity index (χ4n) is 1.83. The van der Waals surface area contributed by atoms with Crippen molar-refractivity contribution >= 4 is 23.5 Å². The molecular weight excluding hydrogens is 248 g/mol. The molecule has 96 valence electrons. The molecule has 1 heterocycles. The number of thioether (sulfide) groups is 1. The number of ether oxygens (including phenoxy) is 1. The van der Waals surface area contributed by atoms with Crippen LogP contribution in [-0.2, 0) is 9.53 Å². The molecule has 3 nitrogen and oxygen atoms in total. The predicted molar refractivity (Wildman–Crippen MR) is 71.8 cm³/mol. The second kappa shape index (κ2) is 6.59. The van der Waals surface area contributed by atoms with Crippen LogP contribution in [0.4, 0.5) is 0 Å². The molecule has 1 aliphatic rings. The maximum Gasteiger partial charge on any atom is 0.306 e. The Morgan fingerprint density at radius 2 is 2.00 bits per heavy atom. The van der Waals surface area contributed by atoms with Crippen molar-refractivity contribution in [3.05, 3.63) is 35.9 Å². The van der Waals surface area contributed by atoms with Gasteiger partial charge in [-0.25, -0.2) is 0 Å². The Morgan fingerprint density at radius 1 is 1.22 bits per heavy atom. The van der Waals surface area contributed by atoms with Crippen LogP contribution in [0.2, 0.25) is 0 Å². The lowest BCUT2D eigenvalue weighted by Gasteiger charge is -2.10. The summed E-state index contributed by atoms with van der Waals surface area (Å²) >= 11 is 1.80. The van der Waals surface area contributed by atoms with E-state index >= 15 is 0 Å². The molecule has 2 rings (SSSR count). The molecule has 0 N–H and O–H groups in total. The van der Waals surface area contributed by atoms with Crippen molar-refractivity contribution in [3.8, 4) is 0 Å². The highest BCUT2D eigenvalue weighted by molar-refractivity contribution is 7.99. The van der Waals surface area contributed by atoms with Gasteiger partial charge in [0.1, 0.15) is 6.10 Å². The summed E-state index contributed by atoms with van der Waals surface area (Å²) in [6, 6.07) is 9.04. The van der Waals surface area contributed by atoms with Crippen LogP contribution in [0.1, 0.15) is 29.6 Å². The summed E-state index contributed by atoms with van der Waals surface area (Å²) in [7, 11) is 0. The largest absolute Gasteiger partial charge is 0.461 e. The topological polar surface area (TPSA) is 43.4 Å². The van der Waals surface area contributed by atoms with Gasteiger partial charge in [0.05, 0.1) is 6.42 Å². The van der Waals surface area contributed by atoms with Crippen LogP contribution in [0, 0.1) is 0 Å². The first-order valence-electron chi connectivity index (χ1n) is 6.11. The highest BCUT2D eigenvalue weighted by Gasteiger charge is 2.20. The Morgan fingerprint density at radius 3 is 2.67 bits per heavy atom. The van der Waals surface area contributed by atoms with Gasteiger partial charge in [-0.2, -0.15) is 11.8 Å². The lowest BCUT2D eigenvalue weighted by atomic mass is 10.1. The Labute approximate surface area is 111 Å². The second-order valence-electron chi connectivity index (χ2n) is 4.26. The number of carbonyl (C=O) groups is 2. The first-order chi connectivity index (χ1) is 8.75. The fourth-order valence-corrected chi connectivity index (χ4v) is 2.93. The predicted octanol–water partition coefficient (Wildman–Crippen LogP) is 2.70. The third-order valence-electron chi connectivity index (χ3n) is 2.84. The van der Waals surface area contributed by atoms with Crippen LogP contribution in [0.3, 0.4) is 0 Å². The molecule has 1 aromatic rings. The third-order valence-corrected chi connectivity index (χ3v) is 3.97. The average Bonchev–Trinajstić information content (AvgIpc) is 2.90. The fraction of sp³-hybridized carbons (Fsp3) is 0.429. The molecule has 1 aliphatic heterocycles. The van der Waals surface area contributed by atoms with Crippen molar-refractivity contribution in [1.29, 1.82) is 0 Å². The van der Waals surface area contributed by atoms with Gasteiger partial charge in [-0.1, -0.05) is 30.3 Å². The number of carbonyl (C=O) groups excluding carboxylic acids is 2. The van der Waals surface area contributed by atoms with Gasteiger partial charge in [0, 0.05) is 17.7 Å². The number of hydrogen-bond acceptors (Lipinski definition) is 4. The molecule has 0 aromatic heterocycles. The van der Waals surface area contributed by atoms with Crippen LogP contribution in [0.5, 0.6) is 0 Å². The summed E-state index contributed by atoms with van der Waals surface area (Å²) in [5, 5.41) is 0. The van der Waals surface area contributed by atoms with Gasteiger partial charge >= 0.3 is 5.97 Å². The van der Waals surface area contributed by atoms with E-state index in [2.05, 4.69) is 0 Å². The van der Waals surface area contributed by atoms with Gasteiger partial charge < -0.3 is 4.74 Å². The van der Waals surface area contributed by atoms with Crippen molar-refractivity contribution in [2.24, 2.45) is 0 Å². The van der Waals surface area contributed by atoms with E-state index in [4.69, 9.17) is 4.74 Å². The summed E-state index contributed by atoms with van der Waals surface area (Å²) < 4.78 is 5.29. The zero-order valence-corrected chi connectivity index (χ0v) is 10.9. The lowest BCUT2D eigenvalue weighted by molar-refractivity contribution is -0.147. The van der Waals surface area contributed by atoms with E-state index in [1.54, 1.807) is 23.9 Å². The third kappa shape index (κ3) is 3.88. The molecule has 1 atom stereocenters. The highest BCUT2D eigenvalue weighted by Crippen LogP contribution is 2.20. The van der Waals surface area contributed by atoms with Crippen LogP contribution in [0.25, 0.3) is 0 Å². The second-order valence-corrected chi connectivity index (χ2v) is 5.41. The van der Waals surface area contributed by atoms with Gasteiger partial charge in [-0.05, 0) is 12.2 Å². The summed E-state index contributed by atoms with van der Waals surface area (Å²) in [6.45, 7) is 0. The lowest BCUT2D eigenvalue weighted by Crippen LogP contribution is -2.18. The van der Waals surface area contributed by atoms with E-state index < -0.39 is 0 Å². The van der Waals surface area contributed by atoms with Gasteiger partial charge in [-0.3, -0.25) is 9.59 Å². The van der Waals surface area contributed by atoms with Crippen molar-refractivity contribution < 1.29 is 14.3 Å². The molecule has 0 unspecified atom stereocenters. The molecule has 0 radical (unpaired) electrons. The number of benzene rings is 1. The summed E-state index contributed by atoms with van der Waals surface area (Å²) in [4.78, 5) is 23.3. The number of esters is 1. The Kier molecular flexibility index (Phi) is 4.81. The molecule has 1 saturated heterocycles. The monoisotopic (exact) mass is 264 g/mol. The van der Waals surface area contributed by atoms with Gasteiger partial charge in [0.25, 0.3) is 0 Å². The molecular formula is C14H16O3S. The van der Waals surface area contributed by atoms with E-state index in [0.29, 0.717) is 5.56 Å². The molecule has 0 amide bonds. The normalized spacial score (nSPS) is 18.6. The number of Topliss-reactive ketones (excluding diaryl/α,β-unsaturated/α-hetero) is 1. The minimum atomic E-state index is -0.258. The van der Waals surface area contributed by atoms with E-state index in [1.807, 2.05) is 18.2 Å². The van der Waals surface area contributed by atoms with Crippen LogP contribution < -0.4 is 0 Å². The molecule has 4 heteroatoms. The molecule has 0 bridgehead atoms. The van der Waals surface area contributed by atoms with Crippen LogP contribution in [0.15, 0.2) is 30.3 Å². The van der Waals surface area contributed by atoms with E-state index in [1.165, 1.54) is 0 Å². The van der Waals surface area contributed by atoms with Crippen molar-refractivity contribution in [2.75, 3.05) is 11.5 Å². The molecule has 0 saturated carbocycles. The zero-order chi connectivity index (χ0) is 12.8. The Balaban J connectivity index is 1.74. The van der Waals surface area contributed by atoms with Crippen molar-refractivity contribution in [1.82, 2.24) is 0 Å². The maximum atomic E-state index is 11.8. The number of hydrogen-bond donors (Lipinski definition) is 0. The minimum absolute atomic E-state index is 0.00616. The van der Waals surface area contributed by atoms with Gasteiger partial charge in [-0.15, -0.1) is 0 Å². The first kappa shape index (κ1) is 13.1. The molecule has 0 spiro atoms. The van der Waals surface area contributed by atoms with E-state index in [0.717, 1.165) is 17.9 Å². The smallest absolute Gasteiger partial charge is 0.306 e. The van der Waals surface area contributed by atoms with Crippen molar-refractivity contribution in [3.63, 3.8) is 0 Å². The van der Waals surface area contributed by atoms with Crippen LogP contribution >= 0.6 is 11.8 Å². The summed E-state index contributed by atoms with van der Waals surface area (Å²) in [6.07, 6.45) is 1.38. The standard InChI is InChI=1S/C14H16O3S/c15-13(11-4-2-1-3-5-11)6-7-14(16)17-12-8-9-18-10-12/h1-5,12H,6-10H2/t12-/m0/s1. The van der Waals surface area contributed by atoms with Crippen LogP contribution in [-0.4, -0.2) is 29.4 Å². The maximum absolute atomic E-state index is 11.8. The SMILES string of the molecule is O=C(CCC(=O)c1ccccc1)O[C@H]1CCSC1. The summed E-state index contributed by atoms with van der Waals surface area (Å²) in [5.41, 5.74) is 0.654. The highest BCUT2D eigenvalue weighted by atomic mass is 32.2. The van der Waals surface area contributed by atoms with Gasteiger partial charge in [0.15, 0.2) is 5.78 Å². The molecule has 1 aromatic carbocycles. The van der Waals surface area contributed by atoms with E-state index in [9.17, 15) is 9.59 Å². The van der Waals surface area contributed by atoms with Crippen molar-refractivity contribution in [2.45, 2.75) is 25.4 Å². The molecule has 0 aliphatic carbocycles. The summed E-state index contributed by atoms with van der Waals surface area (Å²) in [5.74, 6) is 1.68. The Bertz CT molecular complexity index is 410. The first-order valence-corrected chi connectivity index (χ1v) is 7.26. The molecule has 1 fully saturated rings. The quantitative estimate of drug-likeness (QED) is 0.606.